The molecule has 1 N–H and O–H groups in total. The van der Waals surface area contributed by atoms with Crippen LogP contribution in [0.15, 0.2) is 47.0 Å². The fourth-order valence-electron chi connectivity index (χ4n) is 2.71. The van der Waals surface area contributed by atoms with Crippen molar-refractivity contribution in [3.8, 4) is 11.5 Å². The van der Waals surface area contributed by atoms with Gasteiger partial charge in [-0.1, -0.05) is 28.9 Å². The van der Waals surface area contributed by atoms with Crippen LogP contribution in [0.25, 0.3) is 0 Å². The van der Waals surface area contributed by atoms with Crippen LogP contribution in [0.3, 0.4) is 0 Å². The summed E-state index contributed by atoms with van der Waals surface area (Å²) >= 11 is 5.78. The molecule has 1 amide bonds. The zero-order valence-electron chi connectivity index (χ0n) is 17.6. The number of carbonyl (C=O) groups excluding carboxylic acids is 1. The van der Waals surface area contributed by atoms with Crippen molar-refractivity contribution in [2.75, 3.05) is 0 Å². The first-order valence-electron chi connectivity index (χ1n) is 9.60. The summed E-state index contributed by atoms with van der Waals surface area (Å²) in [6.45, 7) is 7.05. The van der Waals surface area contributed by atoms with Crippen LogP contribution in [-0.2, 0) is 11.2 Å². The standard InChI is InChI=1S/C22H23ClFN3O4/c1-13-25-20(31-27-13)19(26-21(28)30-22(2,3)4)11-14-5-7-15(8-6-14)29-16-9-10-18(24)17(23)12-16/h5-10,12,19H,11H2,1-4H3,(H,26,28). The van der Waals surface area contributed by atoms with Crippen molar-refractivity contribution >= 4 is 17.7 Å². The van der Waals surface area contributed by atoms with E-state index in [9.17, 15) is 9.18 Å². The van der Waals surface area contributed by atoms with Crippen LogP contribution < -0.4 is 10.1 Å². The predicted octanol–water partition coefficient (Wildman–Crippen LogP) is 5.77. The molecule has 3 aromatic rings. The average Bonchev–Trinajstić information content (AvgIpc) is 3.10. The lowest BCUT2D eigenvalue weighted by atomic mass is 10.1. The van der Waals surface area contributed by atoms with Crippen molar-refractivity contribution < 1.29 is 23.2 Å². The number of nitrogens with zero attached hydrogens (tertiary/aromatic N) is 2. The van der Waals surface area contributed by atoms with Gasteiger partial charge in [0.05, 0.1) is 5.02 Å². The minimum absolute atomic E-state index is 0.0139. The molecule has 1 atom stereocenters. The van der Waals surface area contributed by atoms with Gasteiger partial charge in [0.2, 0.25) is 5.89 Å². The highest BCUT2D eigenvalue weighted by molar-refractivity contribution is 6.30. The Balaban J connectivity index is 1.71. The van der Waals surface area contributed by atoms with E-state index >= 15 is 0 Å². The van der Waals surface area contributed by atoms with Gasteiger partial charge in [-0.3, -0.25) is 0 Å². The van der Waals surface area contributed by atoms with E-state index in [0.717, 1.165) is 5.56 Å². The predicted molar refractivity (Wildman–Crippen MR) is 113 cm³/mol. The molecule has 1 unspecified atom stereocenters. The molecule has 2 aromatic carbocycles. The molecule has 0 aliphatic heterocycles. The Morgan fingerprint density at radius 3 is 2.45 bits per heavy atom. The smallest absolute Gasteiger partial charge is 0.408 e. The Morgan fingerprint density at radius 2 is 1.87 bits per heavy atom. The van der Waals surface area contributed by atoms with Crippen LogP contribution >= 0.6 is 11.6 Å². The first-order valence-corrected chi connectivity index (χ1v) is 9.98. The minimum atomic E-state index is -0.637. The van der Waals surface area contributed by atoms with Crippen molar-refractivity contribution in [2.24, 2.45) is 0 Å². The molecule has 31 heavy (non-hydrogen) atoms. The van der Waals surface area contributed by atoms with Gasteiger partial charge < -0.3 is 19.3 Å². The fourth-order valence-corrected chi connectivity index (χ4v) is 2.88. The maximum atomic E-state index is 13.3. The van der Waals surface area contributed by atoms with E-state index in [-0.39, 0.29) is 10.9 Å². The molecule has 7 nitrogen and oxygen atoms in total. The second kappa shape index (κ2) is 9.34. The summed E-state index contributed by atoms with van der Waals surface area (Å²) in [4.78, 5) is 16.5. The molecule has 0 bridgehead atoms. The van der Waals surface area contributed by atoms with Crippen LogP contribution in [0.4, 0.5) is 9.18 Å². The van der Waals surface area contributed by atoms with E-state index in [0.29, 0.717) is 23.7 Å². The summed E-state index contributed by atoms with van der Waals surface area (Å²) in [7, 11) is 0. The molecule has 164 valence electrons. The lowest BCUT2D eigenvalue weighted by Gasteiger charge is -2.22. The summed E-state index contributed by atoms with van der Waals surface area (Å²) in [6.07, 6.45) is -0.190. The number of benzene rings is 2. The number of amides is 1. The summed E-state index contributed by atoms with van der Waals surface area (Å²) in [5.74, 6) is 1.21. The average molecular weight is 448 g/mol. The normalized spacial score (nSPS) is 12.3. The Hall–Kier alpha value is -3.13. The topological polar surface area (TPSA) is 86.5 Å². The first-order chi connectivity index (χ1) is 14.6. The minimum Gasteiger partial charge on any atom is -0.457 e. The molecule has 0 radical (unpaired) electrons. The monoisotopic (exact) mass is 447 g/mol. The third kappa shape index (κ3) is 6.68. The van der Waals surface area contributed by atoms with E-state index in [1.807, 2.05) is 12.1 Å². The second-order valence-corrected chi connectivity index (χ2v) is 8.31. The molecule has 0 saturated carbocycles. The van der Waals surface area contributed by atoms with Gasteiger partial charge in [-0.05, 0) is 57.5 Å². The van der Waals surface area contributed by atoms with Crippen LogP contribution in [0.1, 0.15) is 44.1 Å². The van der Waals surface area contributed by atoms with Crippen LogP contribution in [-0.4, -0.2) is 21.8 Å². The summed E-state index contributed by atoms with van der Waals surface area (Å²) < 4.78 is 29.6. The second-order valence-electron chi connectivity index (χ2n) is 7.90. The van der Waals surface area contributed by atoms with E-state index in [2.05, 4.69) is 15.5 Å². The van der Waals surface area contributed by atoms with Crippen molar-refractivity contribution in [3.63, 3.8) is 0 Å². The van der Waals surface area contributed by atoms with Gasteiger partial charge in [-0.15, -0.1) is 0 Å². The zero-order chi connectivity index (χ0) is 22.6. The molecule has 0 saturated heterocycles. The number of alkyl carbamates (subject to hydrolysis) is 1. The zero-order valence-corrected chi connectivity index (χ0v) is 18.4. The van der Waals surface area contributed by atoms with E-state index < -0.39 is 23.6 Å². The maximum Gasteiger partial charge on any atom is 0.408 e. The van der Waals surface area contributed by atoms with Crippen LogP contribution in [0.2, 0.25) is 5.02 Å². The number of rotatable bonds is 6. The maximum absolute atomic E-state index is 13.3. The molecule has 9 heteroatoms. The van der Waals surface area contributed by atoms with Gasteiger partial charge in [0.1, 0.15) is 29.0 Å². The van der Waals surface area contributed by atoms with Crippen molar-refractivity contribution in [2.45, 2.75) is 45.8 Å². The highest BCUT2D eigenvalue weighted by atomic mass is 35.5. The van der Waals surface area contributed by atoms with Gasteiger partial charge in [-0.2, -0.15) is 4.98 Å². The van der Waals surface area contributed by atoms with Gasteiger partial charge in [-0.25, -0.2) is 9.18 Å². The molecular formula is C22H23ClFN3O4. The quantitative estimate of drug-likeness (QED) is 0.516. The number of hydrogen-bond acceptors (Lipinski definition) is 6. The highest BCUT2D eigenvalue weighted by Crippen LogP contribution is 2.27. The van der Waals surface area contributed by atoms with Crippen LogP contribution in [0, 0.1) is 12.7 Å². The Bertz CT molecular complexity index is 1050. The van der Waals surface area contributed by atoms with Crippen LogP contribution in [0.5, 0.6) is 11.5 Å². The molecule has 1 heterocycles. The first kappa shape index (κ1) is 22.6. The highest BCUT2D eigenvalue weighted by Gasteiger charge is 2.24. The number of aromatic nitrogens is 2. The summed E-state index contributed by atoms with van der Waals surface area (Å²) in [5.41, 5.74) is 0.253. The summed E-state index contributed by atoms with van der Waals surface area (Å²) in [5, 5.41) is 6.56. The Morgan fingerprint density at radius 1 is 1.19 bits per heavy atom. The lowest BCUT2D eigenvalue weighted by Crippen LogP contribution is -2.36. The number of ether oxygens (including phenoxy) is 2. The van der Waals surface area contributed by atoms with Crippen molar-refractivity contribution in [1.82, 2.24) is 15.5 Å². The van der Waals surface area contributed by atoms with E-state index in [1.165, 1.54) is 18.2 Å². The Labute approximate surface area is 184 Å². The molecule has 0 aliphatic rings. The molecular weight excluding hydrogens is 425 g/mol. The van der Waals surface area contributed by atoms with Crippen molar-refractivity contribution in [3.05, 3.63) is 70.6 Å². The molecule has 0 fully saturated rings. The van der Waals surface area contributed by atoms with E-state index in [4.69, 9.17) is 25.6 Å². The van der Waals surface area contributed by atoms with Gasteiger partial charge in [0, 0.05) is 12.5 Å². The van der Waals surface area contributed by atoms with Gasteiger partial charge in [0.15, 0.2) is 5.82 Å². The van der Waals surface area contributed by atoms with E-state index in [1.54, 1.807) is 39.8 Å². The number of carbonyl (C=O) groups is 1. The number of aryl methyl sites for hydroxylation is 1. The Kier molecular flexibility index (Phi) is 6.80. The molecule has 0 spiro atoms. The number of hydrogen-bond donors (Lipinski definition) is 1. The largest absolute Gasteiger partial charge is 0.457 e. The van der Waals surface area contributed by atoms with Gasteiger partial charge in [0.25, 0.3) is 0 Å². The third-order valence-corrected chi connectivity index (χ3v) is 4.31. The van der Waals surface area contributed by atoms with Crippen molar-refractivity contribution in [1.29, 1.82) is 0 Å². The molecule has 1 aromatic heterocycles. The van der Waals surface area contributed by atoms with Gasteiger partial charge >= 0.3 is 6.09 Å². The SMILES string of the molecule is Cc1noc(C(Cc2ccc(Oc3ccc(F)c(Cl)c3)cc2)NC(=O)OC(C)(C)C)n1. The summed E-state index contributed by atoms with van der Waals surface area (Å²) in [6, 6.07) is 10.8. The third-order valence-electron chi connectivity index (χ3n) is 4.02. The number of halogens is 2. The molecule has 3 rings (SSSR count). The molecule has 0 aliphatic carbocycles. The lowest BCUT2D eigenvalue weighted by molar-refractivity contribution is 0.0493. The number of nitrogens with one attached hydrogen (secondary N) is 1. The fraction of sp³-hybridized carbons (Fsp3) is 0.318.